The molecule has 0 aliphatic carbocycles. The summed E-state index contributed by atoms with van der Waals surface area (Å²) in [6.45, 7) is 6.91. The van der Waals surface area contributed by atoms with Crippen molar-refractivity contribution in [1.82, 2.24) is 10.6 Å². The van der Waals surface area contributed by atoms with E-state index in [-0.39, 0.29) is 78.2 Å². The highest BCUT2D eigenvalue weighted by atomic mass is 16.9. The lowest BCUT2D eigenvalue weighted by Gasteiger charge is -2.33. The second-order valence-corrected chi connectivity index (χ2v) is 12.2. The minimum Gasteiger partial charge on any atom is -0.508 e. The van der Waals surface area contributed by atoms with Crippen LogP contribution in [0.5, 0.6) is 5.75 Å². The van der Waals surface area contributed by atoms with Crippen molar-refractivity contribution >= 4 is 47.6 Å². The molecular weight excluding hydrogens is 844 g/mol. The van der Waals surface area contributed by atoms with Crippen molar-refractivity contribution in [2.24, 2.45) is 0 Å². The largest absolute Gasteiger partial charge is 0.508 e. The van der Waals surface area contributed by atoms with E-state index in [1.54, 1.807) is 41.5 Å². The average Bonchev–Trinajstić information content (AvgIpc) is 3.21. The summed E-state index contributed by atoms with van der Waals surface area (Å²) in [6, 6.07) is 2.88. The van der Waals surface area contributed by atoms with Crippen LogP contribution in [-0.2, 0) is 85.6 Å². The zero-order chi connectivity index (χ0) is 47.1. The van der Waals surface area contributed by atoms with Gasteiger partial charge in [-0.3, -0.25) is 49.0 Å². The third-order valence-electron chi connectivity index (χ3n) is 7.40. The Balaban J connectivity index is 3.66. The molecule has 0 saturated heterocycles. The zero-order valence-electron chi connectivity index (χ0n) is 36.6. The fourth-order valence-corrected chi connectivity index (χ4v) is 4.77. The molecule has 0 aliphatic heterocycles. The number of esters is 6. The lowest BCUT2D eigenvalue weighted by molar-refractivity contribution is -0.390. The summed E-state index contributed by atoms with van der Waals surface area (Å²) in [7, 11) is 0. The highest BCUT2D eigenvalue weighted by Gasteiger charge is 2.40. The predicted octanol–water partition coefficient (Wildman–Crippen LogP) is 1.89. The first-order valence-corrected chi connectivity index (χ1v) is 20.4. The highest BCUT2D eigenvalue weighted by molar-refractivity contribution is 6.00. The van der Waals surface area contributed by atoms with Gasteiger partial charge in [-0.1, -0.05) is 0 Å². The molecule has 63 heavy (non-hydrogen) atoms. The minimum absolute atomic E-state index is 0.0560. The van der Waals surface area contributed by atoms with Crippen LogP contribution in [-0.4, -0.2) is 144 Å². The van der Waals surface area contributed by atoms with Crippen molar-refractivity contribution in [3.8, 4) is 5.75 Å². The van der Waals surface area contributed by atoms with Crippen molar-refractivity contribution in [3.63, 3.8) is 0 Å². The van der Waals surface area contributed by atoms with Crippen LogP contribution in [0.3, 0.4) is 0 Å². The van der Waals surface area contributed by atoms with E-state index in [2.05, 4.69) is 10.6 Å². The third kappa shape index (κ3) is 23.5. The topological polar surface area (TPSA) is 292 Å². The summed E-state index contributed by atoms with van der Waals surface area (Å²) in [5.74, 6) is -7.00. The summed E-state index contributed by atoms with van der Waals surface area (Å²) < 4.78 is 64.0. The predicted molar refractivity (Wildman–Crippen MR) is 212 cm³/mol. The summed E-state index contributed by atoms with van der Waals surface area (Å²) >= 11 is 0. The molecule has 1 aromatic rings. The average molecular weight is 905 g/mol. The van der Waals surface area contributed by atoms with Crippen LogP contribution >= 0.6 is 0 Å². The van der Waals surface area contributed by atoms with Gasteiger partial charge in [0, 0.05) is 11.1 Å². The standard InChI is InChI=1S/C40H60N2O21/c1-7-52-31(44)13-19-58-39(59-20-14-32(45)53-8-2,60-21-15-33(46)54-9-3)41-37(50)28-25-29(27-30(43)26-28)38(51)42-40(61-22-16-34(47)55-10-4,62-23-17-35(48)56-11-5)63-24-18-36(49)57-12-6/h25-27,43H,7-24H2,1-6H3,(H,41,50)(H,42,51). The lowest BCUT2D eigenvalue weighted by Crippen LogP contribution is -2.56. The maximum absolute atomic E-state index is 14.0. The molecule has 0 atom stereocenters. The molecule has 3 N–H and O–H groups in total. The van der Waals surface area contributed by atoms with Crippen LogP contribution < -0.4 is 10.6 Å². The summed E-state index contributed by atoms with van der Waals surface area (Å²) in [5, 5.41) is 15.4. The van der Waals surface area contributed by atoms with Gasteiger partial charge in [-0.25, -0.2) is 0 Å². The quantitative estimate of drug-likeness (QED) is 0.0505. The molecule has 0 unspecified atom stereocenters. The number of carbonyl (C=O) groups excluding carboxylic acids is 8. The number of phenols is 1. The first-order chi connectivity index (χ1) is 30.1. The van der Waals surface area contributed by atoms with Gasteiger partial charge in [-0.05, 0) is 59.7 Å². The number of hydrogen-bond acceptors (Lipinski definition) is 21. The van der Waals surface area contributed by atoms with Gasteiger partial charge in [0.2, 0.25) is 0 Å². The van der Waals surface area contributed by atoms with Gasteiger partial charge in [-0.15, -0.1) is 0 Å². The highest BCUT2D eigenvalue weighted by Crippen LogP contribution is 2.22. The number of benzene rings is 1. The van der Waals surface area contributed by atoms with Crippen LogP contribution in [0.2, 0.25) is 0 Å². The van der Waals surface area contributed by atoms with Crippen molar-refractivity contribution in [1.29, 1.82) is 0 Å². The molecule has 0 radical (unpaired) electrons. The minimum atomic E-state index is -2.61. The molecule has 23 heteroatoms. The molecule has 0 spiro atoms. The Morgan fingerprint density at radius 1 is 0.397 bits per heavy atom. The number of amides is 2. The number of ether oxygens (including phenoxy) is 12. The molecule has 0 saturated carbocycles. The van der Waals surface area contributed by atoms with E-state index in [0.29, 0.717) is 0 Å². The molecule has 356 valence electrons. The Labute approximate surface area is 364 Å². The fourth-order valence-electron chi connectivity index (χ4n) is 4.77. The number of hydrogen-bond donors (Lipinski definition) is 3. The number of nitrogens with one attached hydrogen (secondary N) is 2. The molecule has 23 nitrogen and oxygen atoms in total. The van der Waals surface area contributed by atoms with E-state index in [9.17, 15) is 43.5 Å². The maximum atomic E-state index is 14.0. The van der Waals surface area contributed by atoms with Crippen molar-refractivity contribution in [3.05, 3.63) is 29.3 Å². The van der Waals surface area contributed by atoms with E-state index in [4.69, 9.17) is 56.8 Å². The molecule has 0 aliphatic rings. The van der Waals surface area contributed by atoms with Gasteiger partial charge in [0.05, 0.1) is 118 Å². The van der Waals surface area contributed by atoms with Crippen LogP contribution in [0.4, 0.5) is 0 Å². The molecule has 0 heterocycles. The Hall–Kier alpha value is -5.46. The van der Waals surface area contributed by atoms with Gasteiger partial charge in [-0.2, -0.15) is 0 Å². The molecule has 1 aromatic carbocycles. The number of aromatic hydroxyl groups is 1. The Bertz CT molecular complexity index is 1390. The summed E-state index contributed by atoms with van der Waals surface area (Å²) in [5.41, 5.74) is -0.858. The maximum Gasteiger partial charge on any atom is 0.377 e. The van der Waals surface area contributed by atoms with Crippen molar-refractivity contribution in [2.45, 2.75) is 92.3 Å². The Kier molecular flexibility index (Phi) is 27.7. The second-order valence-electron chi connectivity index (χ2n) is 12.2. The van der Waals surface area contributed by atoms with Gasteiger partial charge in [0.1, 0.15) is 5.75 Å². The van der Waals surface area contributed by atoms with Crippen LogP contribution in [0.1, 0.15) is 101 Å². The van der Waals surface area contributed by atoms with Gasteiger partial charge < -0.3 is 61.9 Å². The van der Waals surface area contributed by atoms with Crippen LogP contribution in [0.15, 0.2) is 18.2 Å². The van der Waals surface area contributed by atoms with Crippen LogP contribution in [0.25, 0.3) is 0 Å². The first-order valence-electron chi connectivity index (χ1n) is 20.4. The number of phenolic OH excluding ortho intramolecular Hbond substituents is 1. The summed E-state index contributed by atoms with van der Waals surface area (Å²) in [6.07, 6.45) is -7.41. The van der Waals surface area contributed by atoms with Gasteiger partial charge in [0.15, 0.2) is 0 Å². The third-order valence-corrected chi connectivity index (χ3v) is 7.40. The normalized spacial score (nSPS) is 11.2. The first kappa shape index (κ1) is 55.6. The Morgan fingerprint density at radius 2 is 0.603 bits per heavy atom. The van der Waals surface area contributed by atoms with Gasteiger partial charge in [0.25, 0.3) is 11.8 Å². The van der Waals surface area contributed by atoms with Gasteiger partial charge >= 0.3 is 48.0 Å². The fraction of sp³-hybridized carbons (Fsp3) is 0.650. The smallest absolute Gasteiger partial charge is 0.377 e. The summed E-state index contributed by atoms with van der Waals surface area (Å²) in [4.78, 5) is 101. The van der Waals surface area contributed by atoms with Crippen LogP contribution in [0, 0.1) is 0 Å². The molecule has 2 amide bonds. The molecule has 1 rings (SSSR count). The monoisotopic (exact) mass is 904 g/mol. The van der Waals surface area contributed by atoms with Crippen molar-refractivity contribution < 1.29 is 100 Å². The second kappa shape index (κ2) is 31.4. The zero-order valence-corrected chi connectivity index (χ0v) is 36.6. The van der Waals surface area contributed by atoms with Crippen molar-refractivity contribution in [2.75, 3.05) is 79.3 Å². The van der Waals surface area contributed by atoms with E-state index in [1.807, 2.05) is 0 Å². The van der Waals surface area contributed by atoms with E-state index in [1.165, 1.54) is 0 Å². The number of carbonyl (C=O) groups is 8. The molecule has 0 aromatic heterocycles. The van der Waals surface area contributed by atoms with E-state index in [0.717, 1.165) is 18.2 Å². The molecule has 0 fully saturated rings. The van der Waals surface area contributed by atoms with E-state index < -0.39 is 116 Å². The molecule has 0 bridgehead atoms. The lowest BCUT2D eigenvalue weighted by atomic mass is 10.1. The van der Waals surface area contributed by atoms with E-state index >= 15 is 0 Å². The number of rotatable bonds is 34. The Morgan fingerprint density at radius 3 is 0.794 bits per heavy atom. The SMILES string of the molecule is CCOC(=O)CCOC(NC(=O)c1cc(O)cc(C(=O)NC(OCCC(=O)OCC)(OCCC(=O)OCC)OCCC(=O)OCC)c1)(OCCC(=O)OCC)OCCC(=O)OCC. The molecular formula is C40H60N2O21.